The molecule has 0 aliphatic rings. The third-order valence-electron chi connectivity index (χ3n) is 2.11. The number of tetrazole rings is 1. The van der Waals surface area contributed by atoms with Crippen LogP contribution >= 0.6 is 0 Å². The first-order valence-electron chi connectivity index (χ1n) is 4.92. The van der Waals surface area contributed by atoms with Crippen molar-refractivity contribution in [2.45, 2.75) is 6.42 Å². The standard InChI is InChI=1S/C9H8N6O3/c16-8(10-9-11-13-14-12-9)5-6-1-3-7(4-2-6)15(17)18/h1-4H,5H2,(H2,10,11,12,13,14,16). The molecule has 0 atom stereocenters. The van der Waals surface area contributed by atoms with Crippen molar-refractivity contribution < 1.29 is 9.72 Å². The molecule has 0 unspecified atom stereocenters. The zero-order valence-corrected chi connectivity index (χ0v) is 9.03. The molecule has 2 rings (SSSR count). The van der Waals surface area contributed by atoms with Gasteiger partial charge < -0.3 is 0 Å². The fraction of sp³-hybridized carbons (Fsp3) is 0.111. The Balaban J connectivity index is 1.97. The normalized spacial score (nSPS) is 10.0. The summed E-state index contributed by atoms with van der Waals surface area (Å²) in [5, 5.41) is 25.5. The highest BCUT2D eigenvalue weighted by molar-refractivity contribution is 5.90. The van der Waals surface area contributed by atoms with Crippen molar-refractivity contribution in [3.8, 4) is 0 Å². The van der Waals surface area contributed by atoms with Gasteiger partial charge in [0.1, 0.15) is 0 Å². The number of aromatic nitrogens is 4. The van der Waals surface area contributed by atoms with E-state index in [-0.39, 0.29) is 24.0 Å². The number of nitrogens with one attached hydrogen (secondary N) is 2. The molecule has 0 bridgehead atoms. The maximum atomic E-state index is 11.5. The lowest BCUT2D eigenvalue weighted by Gasteiger charge is -2.00. The van der Waals surface area contributed by atoms with Crippen LogP contribution in [0, 0.1) is 10.1 Å². The molecular weight excluding hydrogens is 240 g/mol. The number of anilines is 1. The molecule has 2 N–H and O–H groups in total. The third-order valence-corrected chi connectivity index (χ3v) is 2.11. The molecule has 1 aromatic carbocycles. The molecule has 0 aliphatic carbocycles. The maximum Gasteiger partial charge on any atom is 0.269 e. The Morgan fingerprint density at radius 1 is 1.39 bits per heavy atom. The average Bonchev–Trinajstić information content (AvgIpc) is 2.82. The summed E-state index contributed by atoms with van der Waals surface area (Å²) >= 11 is 0. The van der Waals surface area contributed by atoms with Crippen LogP contribution in [0.1, 0.15) is 5.56 Å². The number of nitro groups is 1. The number of benzene rings is 1. The molecule has 0 fully saturated rings. The molecule has 1 amide bonds. The topological polar surface area (TPSA) is 127 Å². The van der Waals surface area contributed by atoms with Gasteiger partial charge in [0.25, 0.3) is 11.6 Å². The summed E-state index contributed by atoms with van der Waals surface area (Å²) in [4.78, 5) is 21.5. The number of carbonyl (C=O) groups excluding carboxylic acids is 1. The van der Waals surface area contributed by atoms with Gasteiger partial charge in [-0.05, 0) is 10.8 Å². The summed E-state index contributed by atoms with van der Waals surface area (Å²) in [5.41, 5.74) is 0.638. The third kappa shape index (κ3) is 2.84. The smallest absolute Gasteiger partial charge is 0.269 e. The number of carbonyl (C=O) groups is 1. The number of hydrogen-bond acceptors (Lipinski definition) is 6. The molecule has 9 nitrogen and oxygen atoms in total. The Labute approximate surface area is 100 Å². The molecule has 1 heterocycles. The zero-order valence-electron chi connectivity index (χ0n) is 9.03. The van der Waals surface area contributed by atoms with E-state index < -0.39 is 4.92 Å². The van der Waals surface area contributed by atoms with Crippen LogP contribution in [0.25, 0.3) is 0 Å². The minimum absolute atomic E-state index is 0.0164. The maximum absolute atomic E-state index is 11.5. The van der Waals surface area contributed by atoms with Gasteiger partial charge in [0.2, 0.25) is 5.91 Å². The molecule has 9 heteroatoms. The minimum Gasteiger partial charge on any atom is -0.292 e. The van der Waals surface area contributed by atoms with Gasteiger partial charge >= 0.3 is 0 Å². The van der Waals surface area contributed by atoms with Crippen LogP contribution in [0.5, 0.6) is 0 Å². The Morgan fingerprint density at radius 3 is 2.67 bits per heavy atom. The molecule has 2 aromatic rings. The molecule has 0 radical (unpaired) electrons. The second-order valence-electron chi connectivity index (χ2n) is 3.38. The number of amides is 1. The second-order valence-corrected chi connectivity index (χ2v) is 3.38. The molecule has 0 spiro atoms. The Bertz CT molecular complexity index is 550. The molecule has 18 heavy (non-hydrogen) atoms. The van der Waals surface area contributed by atoms with Crippen molar-refractivity contribution in [2.75, 3.05) is 5.32 Å². The summed E-state index contributed by atoms with van der Waals surface area (Å²) in [6, 6.07) is 5.73. The fourth-order valence-electron chi connectivity index (χ4n) is 1.30. The van der Waals surface area contributed by atoms with Crippen LogP contribution in [0.3, 0.4) is 0 Å². The van der Waals surface area contributed by atoms with Gasteiger partial charge in [-0.3, -0.25) is 20.2 Å². The van der Waals surface area contributed by atoms with Gasteiger partial charge in [-0.1, -0.05) is 17.2 Å². The van der Waals surface area contributed by atoms with Gasteiger partial charge in [-0.15, -0.1) is 5.10 Å². The largest absolute Gasteiger partial charge is 0.292 e. The molecule has 0 saturated heterocycles. The molecule has 1 aromatic heterocycles. The van der Waals surface area contributed by atoms with Crippen LogP contribution in [-0.2, 0) is 11.2 Å². The lowest BCUT2D eigenvalue weighted by Crippen LogP contribution is -2.15. The molecule has 0 saturated carbocycles. The number of hydrogen-bond donors (Lipinski definition) is 2. The Hall–Kier alpha value is -2.84. The van der Waals surface area contributed by atoms with Crippen LogP contribution in [0.2, 0.25) is 0 Å². The van der Waals surface area contributed by atoms with E-state index in [0.29, 0.717) is 5.56 Å². The summed E-state index contributed by atoms with van der Waals surface area (Å²) in [6.07, 6.45) is 0.0759. The molecular formula is C9H8N6O3. The lowest BCUT2D eigenvalue weighted by molar-refractivity contribution is -0.384. The fourth-order valence-corrected chi connectivity index (χ4v) is 1.30. The number of nitro benzene ring substituents is 1. The first kappa shape index (κ1) is 11.6. The number of H-pyrrole nitrogens is 1. The highest BCUT2D eigenvalue weighted by Gasteiger charge is 2.08. The van der Waals surface area contributed by atoms with Gasteiger partial charge in [0, 0.05) is 12.1 Å². The lowest BCUT2D eigenvalue weighted by atomic mass is 10.1. The van der Waals surface area contributed by atoms with Crippen molar-refractivity contribution in [1.82, 2.24) is 20.6 Å². The van der Waals surface area contributed by atoms with Crippen molar-refractivity contribution in [1.29, 1.82) is 0 Å². The number of rotatable bonds is 4. The van der Waals surface area contributed by atoms with Gasteiger partial charge in [0.15, 0.2) is 0 Å². The van der Waals surface area contributed by atoms with E-state index in [1.165, 1.54) is 24.3 Å². The minimum atomic E-state index is -0.497. The predicted octanol–water partition coefficient (Wildman–Crippen LogP) is 0.289. The Kier molecular flexibility index (Phi) is 3.23. The summed E-state index contributed by atoms with van der Waals surface area (Å²) < 4.78 is 0. The van der Waals surface area contributed by atoms with E-state index in [1.807, 2.05) is 0 Å². The van der Waals surface area contributed by atoms with E-state index in [4.69, 9.17) is 0 Å². The van der Waals surface area contributed by atoms with Gasteiger partial charge in [0.05, 0.1) is 11.3 Å². The van der Waals surface area contributed by atoms with Crippen LogP contribution in [0.15, 0.2) is 24.3 Å². The van der Waals surface area contributed by atoms with Crippen LogP contribution in [0.4, 0.5) is 11.6 Å². The summed E-state index contributed by atoms with van der Waals surface area (Å²) in [7, 11) is 0. The van der Waals surface area contributed by atoms with E-state index in [9.17, 15) is 14.9 Å². The van der Waals surface area contributed by atoms with Crippen molar-refractivity contribution in [3.05, 3.63) is 39.9 Å². The van der Waals surface area contributed by atoms with E-state index in [0.717, 1.165) is 0 Å². The summed E-state index contributed by atoms with van der Waals surface area (Å²) in [5.74, 6) is -0.243. The highest BCUT2D eigenvalue weighted by atomic mass is 16.6. The zero-order chi connectivity index (χ0) is 13.0. The monoisotopic (exact) mass is 248 g/mol. The Morgan fingerprint density at radius 2 is 2.11 bits per heavy atom. The molecule has 92 valence electrons. The van der Waals surface area contributed by atoms with Crippen molar-refractivity contribution >= 4 is 17.5 Å². The van der Waals surface area contributed by atoms with Crippen LogP contribution in [-0.4, -0.2) is 31.5 Å². The highest BCUT2D eigenvalue weighted by Crippen LogP contribution is 2.12. The number of non-ortho nitro benzene ring substituents is 1. The number of nitrogens with zero attached hydrogens (tertiary/aromatic N) is 4. The predicted molar refractivity (Wildman–Crippen MR) is 59.6 cm³/mol. The van der Waals surface area contributed by atoms with E-state index in [1.54, 1.807) is 0 Å². The van der Waals surface area contributed by atoms with E-state index in [2.05, 4.69) is 25.9 Å². The quantitative estimate of drug-likeness (QED) is 0.591. The molecule has 0 aliphatic heterocycles. The average molecular weight is 248 g/mol. The van der Waals surface area contributed by atoms with E-state index >= 15 is 0 Å². The summed E-state index contributed by atoms with van der Waals surface area (Å²) in [6.45, 7) is 0. The first-order chi connectivity index (χ1) is 8.65. The van der Waals surface area contributed by atoms with Gasteiger partial charge in [-0.2, -0.15) is 5.21 Å². The second kappa shape index (κ2) is 4.99. The SMILES string of the molecule is O=C(Cc1ccc([N+](=O)[O-])cc1)Nc1nn[nH]n1. The number of aromatic amines is 1. The van der Waals surface area contributed by atoms with Gasteiger partial charge in [-0.25, -0.2) is 0 Å². The van der Waals surface area contributed by atoms with Crippen LogP contribution < -0.4 is 5.32 Å². The van der Waals surface area contributed by atoms with Crippen molar-refractivity contribution in [2.24, 2.45) is 0 Å². The van der Waals surface area contributed by atoms with Crippen molar-refractivity contribution in [3.63, 3.8) is 0 Å². The first-order valence-corrected chi connectivity index (χ1v) is 4.92.